The van der Waals surface area contributed by atoms with Crippen molar-refractivity contribution in [2.45, 2.75) is 45.5 Å². The van der Waals surface area contributed by atoms with Crippen molar-refractivity contribution >= 4 is 11.7 Å². The van der Waals surface area contributed by atoms with Gasteiger partial charge in [0.25, 0.3) is 0 Å². The molecule has 176 valence electrons. The second kappa shape index (κ2) is 11.0. The summed E-state index contributed by atoms with van der Waals surface area (Å²) in [5.41, 5.74) is 0.978. The van der Waals surface area contributed by atoms with Crippen LogP contribution in [-0.2, 0) is 19.3 Å². The molecule has 8 heteroatoms. The van der Waals surface area contributed by atoms with E-state index in [1.54, 1.807) is 29.3 Å². The van der Waals surface area contributed by atoms with Gasteiger partial charge < -0.3 is 14.8 Å². The second-order valence-electron chi connectivity index (χ2n) is 7.89. The van der Waals surface area contributed by atoms with Gasteiger partial charge in [-0.25, -0.2) is 9.18 Å². The smallest absolute Gasteiger partial charge is 0.345 e. The maximum atomic E-state index is 13.5. The fourth-order valence-electron chi connectivity index (χ4n) is 3.56. The Hall–Kier alpha value is -3.29. The number of anilines is 1. The van der Waals surface area contributed by atoms with Gasteiger partial charge >= 0.3 is 12.2 Å². The molecule has 2 aromatic carbocycles. The molecule has 1 aromatic heterocycles. The number of amides is 2. The minimum atomic E-state index is -4.40. The summed E-state index contributed by atoms with van der Waals surface area (Å²) < 4.78 is 54.5. The topological polar surface area (TPSA) is 37.3 Å². The first-order valence-corrected chi connectivity index (χ1v) is 10.9. The van der Waals surface area contributed by atoms with E-state index in [0.29, 0.717) is 17.8 Å². The van der Waals surface area contributed by atoms with E-state index in [4.69, 9.17) is 0 Å². The lowest BCUT2D eigenvalue weighted by Crippen LogP contribution is -2.36. The molecule has 0 unspecified atom stereocenters. The Morgan fingerprint density at radius 2 is 1.82 bits per heavy atom. The summed E-state index contributed by atoms with van der Waals surface area (Å²) in [7, 11) is 0. The molecule has 0 aliphatic rings. The summed E-state index contributed by atoms with van der Waals surface area (Å²) in [6.07, 6.45) is 0.132. The van der Waals surface area contributed by atoms with Crippen molar-refractivity contribution < 1.29 is 22.4 Å². The highest BCUT2D eigenvalue weighted by Crippen LogP contribution is 2.29. The first kappa shape index (κ1) is 24.4. The van der Waals surface area contributed by atoms with Gasteiger partial charge in [0.1, 0.15) is 5.82 Å². The molecule has 1 N–H and O–H groups in total. The van der Waals surface area contributed by atoms with Crippen LogP contribution in [0.5, 0.6) is 0 Å². The number of halogens is 4. The molecular formula is C25H27F4N3O. The van der Waals surface area contributed by atoms with Gasteiger partial charge in [0, 0.05) is 30.7 Å². The Morgan fingerprint density at radius 1 is 1.03 bits per heavy atom. The lowest BCUT2D eigenvalue weighted by molar-refractivity contribution is -0.137. The SMILES string of the molecule is CCCCCN(Cc1cccn1Cc1cccc(C(F)(F)F)c1)C(=O)Nc1cccc(F)c1. The highest BCUT2D eigenvalue weighted by atomic mass is 19.4. The van der Waals surface area contributed by atoms with Crippen molar-refractivity contribution in [2.24, 2.45) is 0 Å². The van der Waals surface area contributed by atoms with Crippen LogP contribution in [0.3, 0.4) is 0 Å². The number of nitrogens with one attached hydrogen (secondary N) is 1. The van der Waals surface area contributed by atoms with Gasteiger partial charge in [-0.2, -0.15) is 13.2 Å². The molecule has 0 radical (unpaired) electrons. The van der Waals surface area contributed by atoms with Crippen LogP contribution in [-0.4, -0.2) is 22.0 Å². The number of aromatic nitrogens is 1. The molecule has 0 fully saturated rings. The first-order valence-electron chi connectivity index (χ1n) is 10.9. The average molecular weight is 462 g/mol. The van der Waals surface area contributed by atoms with Crippen molar-refractivity contribution in [3.8, 4) is 0 Å². The lowest BCUT2D eigenvalue weighted by Gasteiger charge is -2.24. The number of rotatable bonds is 9. The standard InChI is InChI=1S/C25H27F4N3O/c1-2-3-4-13-32(24(33)30-22-11-6-10-21(26)16-22)18-23-12-7-14-31(23)17-19-8-5-9-20(15-19)25(27,28)29/h5-12,14-16H,2-4,13,17-18H2,1H3,(H,30,33). The van der Waals surface area contributed by atoms with Gasteiger partial charge in [-0.1, -0.05) is 38.0 Å². The van der Waals surface area contributed by atoms with Crippen molar-refractivity contribution in [3.63, 3.8) is 0 Å². The Balaban J connectivity index is 1.75. The Labute approximate surface area is 190 Å². The number of carbonyl (C=O) groups is 1. The molecule has 0 saturated heterocycles. The molecule has 0 atom stereocenters. The third kappa shape index (κ3) is 7.10. The van der Waals surface area contributed by atoms with Crippen LogP contribution in [0.15, 0.2) is 66.9 Å². The second-order valence-corrected chi connectivity index (χ2v) is 7.89. The zero-order valence-electron chi connectivity index (χ0n) is 18.4. The van der Waals surface area contributed by atoms with Gasteiger partial charge in [-0.15, -0.1) is 0 Å². The summed E-state index contributed by atoms with van der Waals surface area (Å²) in [4.78, 5) is 14.6. The predicted octanol–water partition coefficient (Wildman–Crippen LogP) is 6.92. The van der Waals surface area contributed by atoms with E-state index < -0.39 is 17.6 Å². The van der Waals surface area contributed by atoms with E-state index in [-0.39, 0.29) is 19.1 Å². The molecule has 0 saturated carbocycles. The minimum absolute atomic E-state index is 0.251. The summed E-state index contributed by atoms with van der Waals surface area (Å²) in [5, 5.41) is 2.73. The van der Waals surface area contributed by atoms with E-state index in [1.165, 1.54) is 24.3 Å². The Morgan fingerprint density at radius 3 is 2.55 bits per heavy atom. The molecule has 0 aliphatic carbocycles. The maximum Gasteiger partial charge on any atom is 0.416 e. The third-order valence-corrected chi connectivity index (χ3v) is 5.28. The highest BCUT2D eigenvalue weighted by Gasteiger charge is 2.30. The summed E-state index contributed by atoms with van der Waals surface area (Å²) in [6, 6.07) is 14.2. The quantitative estimate of drug-likeness (QED) is 0.273. The Kier molecular flexibility index (Phi) is 8.14. The number of unbranched alkanes of at least 4 members (excludes halogenated alkanes) is 2. The van der Waals surface area contributed by atoms with E-state index in [9.17, 15) is 22.4 Å². The van der Waals surface area contributed by atoms with Crippen molar-refractivity contribution in [3.05, 3.63) is 89.5 Å². The van der Waals surface area contributed by atoms with Crippen LogP contribution in [0.4, 0.5) is 28.0 Å². The zero-order valence-corrected chi connectivity index (χ0v) is 18.4. The van der Waals surface area contributed by atoms with Gasteiger partial charge in [0.2, 0.25) is 0 Å². The minimum Gasteiger partial charge on any atom is -0.345 e. The number of hydrogen-bond donors (Lipinski definition) is 1. The molecule has 33 heavy (non-hydrogen) atoms. The molecule has 3 aromatic rings. The zero-order chi connectivity index (χ0) is 23.8. The Bertz CT molecular complexity index is 1060. The summed E-state index contributed by atoms with van der Waals surface area (Å²) in [5.74, 6) is -0.444. The maximum absolute atomic E-state index is 13.5. The van der Waals surface area contributed by atoms with Gasteiger partial charge in [0.05, 0.1) is 12.1 Å². The van der Waals surface area contributed by atoms with Crippen molar-refractivity contribution in [1.82, 2.24) is 9.47 Å². The van der Waals surface area contributed by atoms with Crippen LogP contribution in [0.1, 0.15) is 43.0 Å². The molecule has 1 heterocycles. The van der Waals surface area contributed by atoms with Crippen LogP contribution in [0.2, 0.25) is 0 Å². The van der Waals surface area contributed by atoms with Crippen molar-refractivity contribution in [2.75, 3.05) is 11.9 Å². The number of carbonyl (C=O) groups excluding carboxylic acids is 1. The number of benzene rings is 2. The normalized spacial score (nSPS) is 11.4. The molecule has 4 nitrogen and oxygen atoms in total. The van der Waals surface area contributed by atoms with E-state index in [0.717, 1.165) is 37.1 Å². The molecule has 0 bridgehead atoms. The molecule has 0 spiro atoms. The fourth-order valence-corrected chi connectivity index (χ4v) is 3.56. The third-order valence-electron chi connectivity index (χ3n) is 5.28. The molecule has 3 rings (SSSR count). The molecule has 2 amide bonds. The largest absolute Gasteiger partial charge is 0.416 e. The van der Waals surface area contributed by atoms with Gasteiger partial charge in [-0.3, -0.25) is 0 Å². The van der Waals surface area contributed by atoms with Gasteiger partial charge in [-0.05, 0) is 54.4 Å². The fraction of sp³-hybridized carbons (Fsp3) is 0.320. The molecular weight excluding hydrogens is 434 g/mol. The summed E-state index contributed by atoms with van der Waals surface area (Å²) >= 11 is 0. The van der Waals surface area contributed by atoms with Crippen LogP contribution >= 0.6 is 0 Å². The number of nitrogens with zero attached hydrogens (tertiary/aromatic N) is 2. The number of urea groups is 1. The summed E-state index contributed by atoms with van der Waals surface area (Å²) in [6.45, 7) is 3.10. The van der Waals surface area contributed by atoms with E-state index >= 15 is 0 Å². The first-order chi connectivity index (χ1) is 15.8. The van der Waals surface area contributed by atoms with Crippen LogP contribution in [0, 0.1) is 5.82 Å². The number of hydrogen-bond acceptors (Lipinski definition) is 1. The lowest BCUT2D eigenvalue weighted by atomic mass is 10.1. The predicted molar refractivity (Wildman–Crippen MR) is 120 cm³/mol. The van der Waals surface area contributed by atoms with Crippen LogP contribution in [0.25, 0.3) is 0 Å². The monoisotopic (exact) mass is 461 g/mol. The molecule has 0 aliphatic heterocycles. The van der Waals surface area contributed by atoms with Crippen molar-refractivity contribution in [1.29, 1.82) is 0 Å². The highest BCUT2D eigenvalue weighted by molar-refractivity contribution is 5.89. The average Bonchev–Trinajstić information content (AvgIpc) is 3.19. The van der Waals surface area contributed by atoms with Crippen LogP contribution < -0.4 is 5.32 Å². The number of alkyl halides is 3. The van der Waals surface area contributed by atoms with E-state index in [1.807, 2.05) is 10.6 Å². The van der Waals surface area contributed by atoms with E-state index in [2.05, 4.69) is 12.2 Å². The van der Waals surface area contributed by atoms with Gasteiger partial charge in [0.15, 0.2) is 0 Å².